The molecule has 0 aromatic rings. The van der Waals surface area contributed by atoms with E-state index in [0.29, 0.717) is 31.3 Å². The molecule has 3 aliphatic heterocycles. The van der Waals surface area contributed by atoms with Gasteiger partial charge in [0.25, 0.3) is 0 Å². The van der Waals surface area contributed by atoms with Gasteiger partial charge in [-0.3, -0.25) is 0 Å². The average Bonchev–Trinajstić information content (AvgIpc) is 3.29. The normalized spacial score (nSPS) is 60.2. The SMILES string of the molecule is C[C@@H]1CC[C@@]2(OC1)O[C@H]1C[C@H]3[C@H]4CC=C5C[C@@H](O)C[C@@H](O[C@@H]6OC[C@@H](O)[C@H](O)[C@H]6O)[C@]5(C)[C@@H]4CC[C@]3(C)[C@]1(O)[C@H]2C. The van der Waals surface area contributed by atoms with Crippen molar-refractivity contribution in [2.24, 2.45) is 40.4 Å². The molecule has 7 rings (SSSR count). The van der Waals surface area contributed by atoms with E-state index < -0.39 is 48.2 Å². The Kier molecular flexibility index (Phi) is 6.88. The quantitative estimate of drug-likeness (QED) is 0.313. The maximum atomic E-state index is 12.6. The Morgan fingerprint density at radius 1 is 0.951 bits per heavy atom. The highest BCUT2D eigenvalue weighted by Gasteiger charge is 2.76. The van der Waals surface area contributed by atoms with E-state index in [2.05, 4.69) is 33.8 Å². The lowest BCUT2D eigenvalue weighted by Crippen LogP contribution is -2.62. The Balaban J connectivity index is 1.17. The molecular formula is C32H50O9. The molecule has 0 amide bonds. The first-order valence-electron chi connectivity index (χ1n) is 16.1. The third-order valence-corrected chi connectivity index (χ3v) is 13.4. The van der Waals surface area contributed by atoms with Gasteiger partial charge in [-0.25, -0.2) is 0 Å². The summed E-state index contributed by atoms with van der Waals surface area (Å²) in [5.41, 5.74) is -0.445. The van der Waals surface area contributed by atoms with Crippen molar-refractivity contribution < 1.29 is 44.5 Å². The molecule has 232 valence electrons. The molecule has 7 aliphatic rings. The van der Waals surface area contributed by atoms with Gasteiger partial charge in [-0.15, -0.1) is 0 Å². The number of hydrogen-bond donors (Lipinski definition) is 5. The van der Waals surface area contributed by atoms with Crippen LogP contribution in [0.4, 0.5) is 0 Å². The molecule has 41 heavy (non-hydrogen) atoms. The molecule has 3 saturated carbocycles. The first-order chi connectivity index (χ1) is 19.3. The molecule has 9 nitrogen and oxygen atoms in total. The molecule has 0 bridgehead atoms. The molecule has 0 aromatic carbocycles. The summed E-state index contributed by atoms with van der Waals surface area (Å²) in [5, 5.41) is 54.3. The van der Waals surface area contributed by atoms with Crippen molar-refractivity contribution >= 4 is 0 Å². The van der Waals surface area contributed by atoms with Gasteiger partial charge in [-0.1, -0.05) is 39.3 Å². The van der Waals surface area contributed by atoms with Crippen LogP contribution < -0.4 is 0 Å². The van der Waals surface area contributed by atoms with Gasteiger partial charge in [-0.05, 0) is 62.2 Å². The van der Waals surface area contributed by atoms with Crippen molar-refractivity contribution in [2.45, 2.75) is 133 Å². The monoisotopic (exact) mass is 578 g/mol. The summed E-state index contributed by atoms with van der Waals surface area (Å²) in [5.74, 6) is 0.563. The number of ether oxygens (including phenoxy) is 4. The molecule has 6 fully saturated rings. The van der Waals surface area contributed by atoms with Crippen molar-refractivity contribution in [1.29, 1.82) is 0 Å². The van der Waals surface area contributed by atoms with Crippen LogP contribution in [-0.4, -0.2) is 93.0 Å². The van der Waals surface area contributed by atoms with Crippen LogP contribution in [0.2, 0.25) is 0 Å². The predicted octanol–water partition coefficient (Wildman–Crippen LogP) is 2.26. The molecule has 0 aromatic heterocycles. The van der Waals surface area contributed by atoms with E-state index in [1.165, 1.54) is 5.57 Å². The van der Waals surface area contributed by atoms with Crippen molar-refractivity contribution in [1.82, 2.24) is 0 Å². The number of aliphatic hydroxyl groups is 5. The van der Waals surface area contributed by atoms with Crippen LogP contribution in [0.3, 0.4) is 0 Å². The van der Waals surface area contributed by atoms with Crippen LogP contribution in [-0.2, 0) is 18.9 Å². The summed E-state index contributed by atoms with van der Waals surface area (Å²) in [7, 11) is 0. The fourth-order valence-electron chi connectivity index (χ4n) is 10.9. The third kappa shape index (κ3) is 3.86. The predicted molar refractivity (Wildman–Crippen MR) is 147 cm³/mol. The Hall–Kier alpha value is -0.620. The molecule has 0 unspecified atom stereocenters. The number of fused-ring (bicyclic) bond motifs is 7. The van der Waals surface area contributed by atoms with Crippen LogP contribution in [0.5, 0.6) is 0 Å². The van der Waals surface area contributed by atoms with Gasteiger partial charge in [0.15, 0.2) is 12.1 Å². The van der Waals surface area contributed by atoms with Gasteiger partial charge in [0.05, 0.1) is 31.5 Å². The van der Waals surface area contributed by atoms with Crippen LogP contribution in [0.15, 0.2) is 11.6 Å². The van der Waals surface area contributed by atoms with Crippen molar-refractivity contribution in [3.05, 3.63) is 11.6 Å². The minimum absolute atomic E-state index is 0.114. The van der Waals surface area contributed by atoms with Crippen molar-refractivity contribution in [3.63, 3.8) is 0 Å². The summed E-state index contributed by atoms with van der Waals surface area (Å²) in [6, 6.07) is 0. The molecule has 16 atom stereocenters. The summed E-state index contributed by atoms with van der Waals surface area (Å²) in [4.78, 5) is 0. The highest BCUT2D eigenvalue weighted by Crippen LogP contribution is 2.72. The topological polar surface area (TPSA) is 138 Å². The zero-order chi connectivity index (χ0) is 29.1. The van der Waals surface area contributed by atoms with Gasteiger partial charge in [-0.2, -0.15) is 0 Å². The van der Waals surface area contributed by atoms with Gasteiger partial charge >= 0.3 is 0 Å². The minimum atomic E-state index is -1.37. The zero-order valence-corrected chi connectivity index (χ0v) is 24.9. The maximum Gasteiger partial charge on any atom is 0.186 e. The van der Waals surface area contributed by atoms with E-state index >= 15 is 0 Å². The Labute approximate surface area is 243 Å². The van der Waals surface area contributed by atoms with E-state index in [9.17, 15) is 25.5 Å². The van der Waals surface area contributed by atoms with E-state index in [4.69, 9.17) is 18.9 Å². The van der Waals surface area contributed by atoms with Crippen LogP contribution in [0.1, 0.15) is 79.1 Å². The lowest BCUT2D eigenvalue weighted by Gasteiger charge is -2.61. The Bertz CT molecular complexity index is 1060. The molecule has 3 heterocycles. The molecule has 0 radical (unpaired) electrons. The van der Waals surface area contributed by atoms with E-state index in [-0.39, 0.29) is 41.3 Å². The third-order valence-electron chi connectivity index (χ3n) is 13.4. The average molecular weight is 579 g/mol. The molecule has 9 heteroatoms. The smallest absolute Gasteiger partial charge is 0.186 e. The second-order valence-corrected chi connectivity index (χ2v) is 15.2. The first-order valence-corrected chi connectivity index (χ1v) is 16.1. The van der Waals surface area contributed by atoms with Crippen molar-refractivity contribution in [3.8, 4) is 0 Å². The minimum Gasteiger partial charge on any atom is -0.393 e. The largest absolute Gasteiger partial charge is 0.393 e. The summed E-state index contributed by atoms with van der Waals surface area (Å²) >= 11 is 0. The van der Waals surface area contributed by atoms with Crippen LogP contribution in [0, 0.1) is 40.4 Å². The Morgan fingerprint density at radius 2 is 1.73 bits per heavy atom. The number of rotatable bonds is 2. The molecule has 1 spiro atoms. The van der Waals surface area contributed by atoms with E-state index in [1.807, 2.05) is 0 Å². The Morgan fingerprint density at radius 3 is 2.46 bits per heavy atom. The standard InChI is InChI=1S/C32H50O9/c1-16-7-10-31(39-14-16)17(2)32(37)25(41-31)13-22-20-6-5-18-11-19(33)12-24(30(18,4)21(20)8-9-29(22,32)3)40-28-27(36)26(35)23(34)15-38-28/h5,16-17,19-28,33-37H,6-15H2,1-4H3/t16-,17+,19-,20+,21-,22+,23-,24-,25+,26+,27-,28+,29+,30+,31-,32+/m1/s1. The number of hydrogen-bond acceptors (Lipinski definition) is 9. The van der Waals surface area contributed by atoms with E-state index in [0.717, 1.165) is 38.5 Å². The molecule has 5 N–H and O–H groups in total. The van der Waals surface area contributed by atoms with E-state index in [1.54, 1.807) is 0 Å². The molecule has 4 aliphatic carbocycles. The van der Waals surface area contributed by atoms with Gasteiger partial charge in [0, 0.05) is 29.6 Å². The van der Waals surface area contributed by atoms with Gasteiger partial charge in [0.2, 0.25) is 0 Å². The number of aliphatic hydroxyl groups excluding tert-OH is 4. The lowest BCUT2D eigenvalue weighted by atomic mass is 9.45. The second-order valence-electron chi connectivity index (χ2n) is 15.2. The van der Waals surface area contributed by atoms with Crippen LogP contribution >= 0.6 is 0 Å². The summed E-state index contributed by atoms with van der Waals surface area (Å²) in [6.07, 6.45) is 2.50. The van der Waals surface area contributed by atoms with Gasteiger partial charge in [0.1, 0.15) is 23.9 Å². The zero-order valence-electron chi connectivity index (χ0n) is 24.9. The first kappa shape index (κ1) is 29.1. The lowest BCUT2D eigenvalue weighted by molar-refractivity contribution is -0.300. The maximum absolute atomic E-state index is 12.6. The fraction of sp³-hybridized carbons (Fsp3) is 0.938. The number of allylic oxidation sites excluding steroid dienone is 1. The van der Waals surface area contributed by atoms with Crippen LogP contribution in [0.25, 0.3) is 0 Å². The summed E-state index contributed by atoms with van der Waals surface area (Å²) < 4.78 is 25.3. The van der Waals surface area contributed by atoms with Gasteiger partial charge < -0.3 is 44.5 Å². The fourth-order valence-corrected chi connectivity index (χ4v) is 10.9. The molecule has 3 saturated heterocycles. The second kappa shape index (κ2) is 9.69. The summed E-state index contributed by atoms with van der Waals surface area (Å²) in [6.45, 7) is 9.43. The van der Waals surface area contributed by atoms with Crippen molar-refractivity contribution in [2.75, 3.05) is 13.2 Å². The molecular weight excluding hydrogens is 528 g/mol. The highest BCUT2D eigenvalue weighted by molar-refractivity contribution is 5.30. The highest BCUT2D eigenvalue weighted by atomic mass is 16.7.